The highest BCUT2D eigenvalue weighted by molar-refractivity contribution is 6.01. The Balaban J connectivity index is 1.82. The van der Waals surface area contributed by atoms with Crippen LogP contribution in [0.3, 0.4) is 0 Å². The summed E-state index contributed by atoms with van der Waals surface area (Å²) < 4.78 is 0. The first-order chi connectivity index (χ1) is 16.0. The molecule has 7 heteroatoms. The van der Waals surface area contributed by atoms with Crippen molar-refractivity contribution in [1.82, 2.24) is 10.4 Å². The van der Waals surface area contributed by atoms with E-state index in [1.165, 1.54) is 70.6 Å². The molecule has 0 unspecified atom stereocenters. The quantitative estimate of drug-likeness (QED) is 0.172. The zero-order valence-electron chi connectivity index (χ0n) is 20.8. The summed E-state index contributed by atoms with van der Waals surface area (Å²) in [6.07, 6.45) is 20.0. The Hall–Kier alpha value is -1.92. The monoisotopic (exact) mass is 466 g/mol. The molecular formula is C26H46N2O5. The standard InChI is InChI=1S/C26H46N2O5/c1-2-3-4-5-6-7-8-9-10-11-12-13-15-18-23(29)27-22-17-14-16-19-26(32)33-28-24(30)20-21-25(28)31/h2-22H2,1H3,(H,27,29). The van der Waals surface area contributed by atoms with Gasteiger partial charge in [-0.25, -0.2) is 4.79 Å². The van der Waals surface area contributed by atoms with Crippen molar-refractivity contribution in [3.05, 3.63) is 0 Å². The lowest BCUT2D eigenvalue weighted by Gasteiger charge is -2.12. The number of hydrogen-bond donors (Lipinski definition) is 1. The smallest absolute Gasteiger partial charge is 0.333 e. The van der Waals surface area contributed by atoms with E-state index in [4.69, 9.17) is 4.84 Å². The van der Waals surface area contributed by atoms with Crippen LogP contribution >= 0.6 is 0 Å². The van der Waals surface area contributed by atoms with E-state index in [1.54, 1.807) is 0 Å². The van der Waals surface area contributed by atoms with Crippen LogP contribution in [0.2, 0.25) is 0 Å². The van der Waals surface area contributed by atoms with Crippen molar-refractivity contribution in [3.8, 4) is 0 Å². The molecule has 1 N–H and O–H groups in total. The molecule has 1 aliphatic rings. The number of imide groups is 1. The molecule has 190 valence electrons. The van der Waals surface area contributed by atoms with Gasteiger partial charge in [-0.1, -0.05) is 90.4 Å². The highest BCUT2D eigenvalue weighted by Crippen LogP contribution is 2.14. The number of hydroxylamine groups is 2. The van der Waals surface area contributed by atoms with Crippen molar-refractivity contribution in [1.29, 1.82) is 0 Å². The summed E-state index contributed by atoms with van der Waals surface area (Å²) in [4.78, 5) is 51.2. The summed E-state index contributed by atoms with van der Waals surface area (Å²) in [7, 11) is 0. The van der Waals surface area contributed by atoms with Gasteiger partial charge in [0.05, 0.1) is 0 Å². The Morgan fingerprint density at radius 3 is 1.70 bits per heavy atom. The van der Waals surface area contributed by atoms with Crippen LogP contribution in [0, 0.1) is 0 Å². The first-order valence-electron chi connectivity index (χ1n) is 13.4. The van der Waals surface area contributed by atoms with Crippen LogP contribution in [-0.4, -0.2) is 35.3 Å². The number of nitrogens with one attached hydrogen (secondary N) is 1. The third-order valence-corrected chi connectivity index (χ3v) is 6.09. The van der Waals surface area contributed by atoms with Crippen LogP contribution in [0.4, 0.5) is 0 Å². The predicted octanol–water partition coefficient (Wildman–Crippen LogP) is 5.75. The largest absolute Gasteiger partial charge is 0.356 e. The molecule has 3 amide bonds. The van der Waals surface area contributed by atoms with Gasteiger partial charge in [0.2, 0.25) is 5.91 Å². The second-order valence-corrected chi connectivity index (χ2v) is 9.20. The van der Waals surface area contributed by atoms with E-state index in [-0.39, 0.29) is 25.2 Å². The van der Waals surface area contributed by atoms with Crippen LogP contribution in [-0.2, 0) is 24.0 Å². The number of carbonyl (C=O) groups excluding carboxylic acids is 4. The van der Waals surface area contributed by atoms with Crippen molar-refractivity contribution >= 4 is 23.7 Å². The molecule has 1 fully saturated rings. The Labute approximate surface area is 200 Å². The zero-order chi connectivity index (χ0) is 24.2. The molecule has 0 atom stereocenters. The van der Waals surface area contributed by atoms with E-state index in [9.17, 15) is 19.2 Å². The second kappa shape index (κ2) is 19.5. The molecule has 0 aromatic heterocycles. The third-order valence-electron chi connectivity index (χ3n) is 6.09. The average molecular weight is 467 g/mol. The normalized spacial score (nSPS) is 13.5. The molecule has 0 aliphatic carbocycles. The fourth-order valence-corrected chi connectivity index (χ4v) is 4.00. The molecule has 7 nitrogen and oxygen atoms in total. The minimum atomic E-state index is -0.565. The predicted molar refractivity (Wildman–Crippen MR) is 129 cm³/mol. The molecule has 1 rings (SSSR count). The SMILES string of the molecule is CCCCCCCCCCCCCCCC(=O)NCCCCCC(=O)ON1C(=O)CCC1=O. The number of carbonyl (C=O) groups is 4. The van der Waals surface area contributed by atoms with Crippen molar-refractivity contribution in [2.24, 2.45) is 0 Å². The minimum Gasteiger partial charge on any atom is -0.356 e. The van der Waals surface area contributed by atoms with Gasteiger partial charge in [-0.3, -0.25) is 14.4 Å². The van der Waals surface area contributed by atoms with Gasteiger partial charge in [0.1, 0.15) is 0 Å². The van der Waals surface area contributed by atoms with Crippen molar-refractivity contribution in [2.45, 2.75) is 135 Å². The maximum absolute atomic E-state index is 11.9. The van der Waals surface area contributed by atoms with E-state index in [1.807, 2.05) is 0 Å². The molecule has 0 spiro atoms. The van der Waals surface area contributed by atoms with Crippen LogP contribution < -0.4 is 5.32 Å². The van der Waals surface area contributed by atoms with Gasteiger partial charge < -0.3 is 10.2 Å². The fraction of sp³-hybridized carbons (Fsp3) is 0.846. The number of hydrogen-bond acceptors (Lipinski definition) is 5. The molecule has 0 bridgehead atoms. The molecule has 33 heavy (non-hydrogen) atoms. The van der Waals surface area contributed by atoms with Gasteiger partial charge in [0.25, 0.3) is 11.8 Å². The Morgan fingerprint density at radius 2 is 1.15 bits per heavy atom. The summed E-state index contributed by atoms with van der Waals surface area (Å²) in [5.41, 5.74) is 0. The molecule has 1 heterocycles. The lowest BCUT2D eigenvalue weighted by atomic mass is 10.0. The maximum atomic E-state index is 11.9. The fourth-order valence-electron chi connectivity index (χ4n) is 4.00. The van der Waals surface area contributed by atoms with E-state index in [2.05, 4.69) is 12.2 Å². The van der Waals surface area contributed by atoms with Crippen molar-refractivity contribution in [3.63, 3.8) is 0 Å². The highest BCUT2D eigenvalue weighted by Gasteiger charge is 2.32. The second-order valence-electron chi connectivity index (χ2n) is 9.20. The van der Waals surface area contributed by atoms with Gasteiger partial charge >= 0.3 is 5.97 Å². The Kier molecular flexibility index (Phi) is 17.2. The lowest BCUT2D eigenvalue weighted by molar-refractivity contribution is -0.197. The number of unbranched alkanes of at least 4 members (excludes halogenated alkanes) is 14. The van der Waals surface area contributed by atoms with Crippen molar-refractivity contribution in [2.75, 3.05) is 6.54 Å². The van der Waals surface area contributed by atoms with Crippen LogP contribution in [0.1, 0.15) is 135 Å². The molecular weight excluding hydrogens is 420 g/mol. The summed E-state index contributed by atoms with van der Waals surface area (Å²) in [6.45, 7) is 2.86. The maximum Gasteiger partial charge on any atom is 0.333 e. The molecule has 0 aromatic rings. The van der Waals surface area contributed by atoms with Gasteiger partial charge in [0.15, 0.2) is 0 Å². The van der Waals surface area contributed by atoms with E-state index < -0.39 is 17.8 Å². The third kappa shape index (κ3) is 15.5. The summed E-state index contributed by atoms with van der Waals surface area (Å²) in [6, 6.07) is 0. The lowest BCUT2D eigenvalue weighted by Crippen LogP contribution is -2.31. The number of nitrogens with zero attached hydrogens (tertiary/aromatic N) is 1. The van der Waals surface area contributed by atoms with Gasteiger partial charge in [-0.15, -0.1) is 5.06 Å². The van der Waals surface area contributed by atoms with Crippen LogP contribution in [0.25, 0.3) is 0 Å². The minimum absolute atomic E-state index is 0.101. The van der Waals surface area contributed by atoms with E-state index in [0.29, 0.717) is 24.4 Å². The summed E-state index contributed by atoms with van der Waals surface area (Å²) in [5.74, 6) is -1.38. The average Bonchev–Trinajstić information content (AvgIpc) is 3.11. The summed E-state index contributed by atoms with van der Waals surface area (Å²) in [5, 5.41) is 3.51. The highest BCUT2D eigenvalue weighted by atomic mass is 16.7. The first-order valence-corrected chi connectivity index (χ1v) is 13.4. The summed E-state index contributed by atoms with van der Waals surface area (Å²) >= 11 is 0. The van der Waals surface area contributed by atoms with Gasteiger partial charge in [-0.05, 0) is 19.3 Å². The molecule has 0 aromatic carbocycles. The van der Waals surface area contributed by atoms with Crippen molar-refractivity contribution < 1.29 is 24.0 Å². The number of amides is 3. The van der Waals surface area contributed by atoms with Crippen LogP contribution in [0.5, 0.6) is 0 Å². The first kappa shape index (κ1) is 29.1. The van der Waals surface area contributed by atoms with Gasteiger partial charge in [0, 0.05) is 32.2 Å². The van der Waals surface area contributed by atoms with Crippen LogP contribution in [0.15, 0.2) is 0 Å². The Bertz CT molecular complexity index is 563. The molecule has 0 saturated carbocycles. The molecule has 1 saturated heterocycles. The Morgan fingerprint density at radius 1 is 0.697 bits per heavy atom. The van der Waals surface area contributed by atoms with E-state index >= 15 is 0 Å². The number of rotatable bonds is 21. The molecule has 0 radical (unpaired) electrons. The molecule has 1 aliphatic heterocycles. The van der Waals surface area contributed by atoms with E-state index in [0.717, 1.165) is 25.7 Å². The topological polar surface area (TPSA) is 92.8 Å². The zero-order valence-corrected chi connectivity index (χ0v) is 20.8. The van der Waals surface area contributed by atoms with Gasteiger partial charge in [-0.2, -0.15) is 0 Å².